The summed E-state index contributed by atoms with van der Waals surface area (Å²) in [5, 5.41) is 5.00. The van der Waals surface area contributed by atoms with Gasteiger partial charge in [0.1, 0.15) is 0 Å². The molecule has 56 heavy (non-hydrogen) atoms. The van der Waals surface area contributed by atoms with Crippen molar-refractivity contribution in [3.8, 4) is 62.1 Å². The molecule has 0 aliphatic rings. The fourth-order valence-electron chi connectivity index (χ4n) is 7.94. The SMILES string of the molecule is c1ccc(-c2ccc(-c3nc(-c4ccncc4)nc(-c4ccc(-c5cccc6c5sc5ccccc56)cc4)n3)cc2-n2c3ccccc3c3ccccc32)cc1. The molecule has 262 valence electrons. The van der Waals surface area contributed by atoms with Crippen molar-refractivity contribution in [2.45, 2.75) is 0 Å². The molecule has 6 heteroatoms. The molecule has 0 saturated carbocycles. The molecule has 0 spiro atoms. The summed E-state index contributed by atoms with van der Waals surface area (Å²) in [4.78, 5) is 19.6. The summed E-state index contributed by atoms with van der Waals surface area (Å²) in [5.74, 6) is 1.80. The standard InChI is InChI=1S/C50H31N5S/c1-2-11-32(12-3-1)37-26-25-36(31-45(37)55-43-18-7-4-13-39(43)40-14-5-8-19-44(40)55)50-53-48(52-49(54-50)35-27-29-51-30-28-35)34-23-21-33(22-24-34)38-16-10-17-42-41-15-6-9-20-46(41)56-47(38)42/h1-31H. The Morgan fingerprint density at radius 2 is 0.911 bits per heavy atom. The van der Waals surface area contributed by atoms with Crippen molar-refractivity contribution in [3.63, 3.8) is 0 Å². The minimum absolute atomic E-state index is 0.595. The van der Waals surface area contributed by atoms with Gasteiger partial charge in [0.25, 0.3) is 0 Å². The quantitative estimate of drug-likeness (QED) is 0.171. The third-order valence-electron chi connectivity index (χ3n) is 10.6. The maximum absolute atomic E-state index is 5.19. The predicted molar refractivity (Wildman–Crippen MR) is 232 cm³/mol. The van der Waals surface area contributed by atoms with Gasteiger partial charge in [-0.2, -0.15) is 0 Å². The second-order valence-electron chi connectivity index (χ2n) is 13.9. The fraction of sp³-hybridized carbons (Fsp3) is 0. The maximum Gasteiger partial charge on any atom is 0.164 e. The van der Waals surface area contributed by atoms with Gasteiger partial charge in [-0.05, 0) is 53.1 Å². The Morgan fingerprint density at radius 1 is 0.375 bits per heavy atom. The Morgan fingerprint density at radius 3 is 1.62 bits per heavy atom. The van der Waals surface area contributed by atoms with E-state index in [-0.39, 0.29) is 0 Å². The highest BCUT2D eigenvalue weighted by molar-refractivity contribution is 7.26. The zero-order valence-electron chi connectivity index (χ0n) is 30.0. The first-order valence-electron chi connectivity index (χ1n) is 18.6. The smallest absolute Gasteiger partial charge is 0.164 e. The van der Waals surface area contributed by atoms with E-state index >= 15 is 0 Å². The molecule has 0 aliphatic carbocycles. The Bertz CT molecular complexity index is 3190. The number of benzene rings is 7. The van der Waals surface area contributed by atoms with Crippen molar-refractivity contribution in [2.24, 2.45) is 0 Å². The molecule has 0 N–H and O–H groups in total. The second-order valence-corrected chi connectivity index (χ2v) is 14.9. The highest BCUT2D eigenvalue weighted by atomic mass is 32.1. The normalized spacial score (nSPS) is 11.6. The van der Waals surface area contributed by atoms with Crippen molar-refractivity contribution in [1.82, 2.24) is 24.5 Å². The summed E-state index contributed by atoms with van der Waals surface area (Å²) < 4.78 is 4.96. The van der Waals surface area contributed by atoms with Crippen LogP contribution in [-0.4, -0.2) is 24.5 Å². The van der Waals surface area contributed by atoms with Crippen molar-refractivity contribution in [2.75, 3.05) is 0 Å². The number of rotatable bonds is 6. The van der Waals surface area contributed by atoms with Gasteiger partial charge in [0.2, 0.25) is 0 Å². The summed E-state index contributed by atoms with van der Waals surface area (Å²) in [6.45, 7) is 0. The van der Waals surface area contributed by atoms with Crippen LogP contribution in [0.2, 0.25) is 0 Å². The topological polar surface area (TPSA) is 56.5 Å². The van der Waals surface area contributed by atoms with E-state index in [9.17, 15) is 0 Å². The summed E-state index contributed by atoms with van der Waals surface area (Å²) in [6, 6.07) is 62.1. The van der Waals surface area contributed by atoms with Gasteiger partial charge in [-0.1, -0.05) is 140 Å². The van der Waals surface area contributed by atoms with E-state index in [2.05, 4.69) is 173 Å². The number of nitrogens with zero attached hydrogens (tertiary/aromatic N) is 5. The highest BCUT2D eigenvalue weighted by Crippen LogP contribution is 2.41. The first kappa shape index (κ1) is 32.2. The third kappa shape index (κ3) is 5.38. The molecule has 0 amide bonds. The number of para-hydroxylation sites is 2. The minimum atomic E-state index is 0.595. The van der Waals surface area contributed by atoms with Crippen LogP contribution in [0.5, 0.6) is 0 Å². The van der Waals surface area contributed by atoms with Crippen molar-refractivity contribution in [1.29, 1.82) is 0 Å². The molecule has 0 bridgehead atoms. The molecule has 0 atom stereocenters. The summed E-state index contributed by atoms with van der Waals surface area (Å²) in [5.41, 5.74) is 10.7. The lowest BCUT2D eigenvalue weighted by Crippen LogP contribution is -2.02. The Balaban J connectivity index is 1.08. The van der Waals surface area contributed by atoms with E-state index < -0.39 is 0 Å². The fourth-order valence-corrected chi connectivity index (χ4v) is 9.18. The zero-order valence-corrected chi connectivity index (χ0v) is 30.9. The maximum atomic E-state index is 5.19. The van der Waals surface area contributed by atoms with Gasteiger partial charge < -0.3 is 4.57 Å². The Hall–Kier alpha value is -7.28. The summed E-state index contributed by atoms with van der Waals surface area (Å²) in [7, 11) is 0. The second kappa shape index (κ2) is 13.2. The predicted octanol–water partition coefficient (Wildman–Crippen LogP) is 13.1. The summed E-state index contributed by atoms with van der Waals surface area (Å²) in [6.07, 6.45) is 3.55. The van der Waals surface area contributed by atoms with E-state index in [1.54, 1.807) is 12.4 Å². The van der Waals surface area contributed by atoms with Gasteiger partial charge in [-0.3, -0.25) is 4.98 Å². The van der Waals surface area contributed by atoms with Crippen LogP contribution in [-0.2, 0) is 0 Å². The van der Waals surface area contributed by atoms with E-state index in [4.69, 9.17) is 15.0 Å². The van der Waals surface area contributed by atoms with Gasteiger partial charge in [0.05, 0.1) is 16.7 Å². The molecule has 11 rings (SSSR count). The molecule has 0 saturated heterocycles. The lowest BCUT2D eigenvalue weighted by atomic mass is 10.0. The Kier molecular flexibility index (Phi) is 7.60. The van der Waals surface area contributed by atoms with Gasteiger partial charge in [-0.15, -0.1) is 11.3 Å². The van der Waals surface area contributed by atoms with E-state index in [1.807, 2.05) is 23.5 Å². The van der Waals surface area contributed by atoms with Crippen LogP contribution in [0.3, 0.4) is 0 Å². The molecule has 0 aliphatic heterocycles. The molecular formula is C50H31N5S. The van der Waals surface area contributed by atoms with Gasteiger partial charge in [0.15, 0.2) is 17.5 Å². The Labute approximate surface area is 326 Å². The van der Waals surface area contributed by atoms with Gasteiger partial charge in [-0.25, -0.2) is 15.0 Å². The van der Waals surface area contributed by atoms with E-state index in [0.29, 0.717) is 17.5 Å². The van der Waals surface area contributed by atoms with Gasteiger partial charge in [0, 0.05) is 65.6 Å². The average Bonchev–Trinajstić information content (AvgIpc) is 3.83. The minimum Gasteiger partial charge on any atom is -0.309 e. The molecule has 4 heterocycles. The number of fused-ring (bicyclic) bond motifs is 6. The van der Waals surface area contributed by atoms with Crippen LogP contribution in [0.4, 0.5) is 0 Å². The summed E-state index contributed by atoms with van der Waals surface area (Å²) >= 11 is 1.84. The highest BCUT2D eigenvalue weighted by Gasteiger charge is 2.19. The van der Waals surface area contributed by atoms with E-state index in [1.165, 1.54) is 36.5 Å². The van der Waals surface area contributed by atoms with Crippen molar-refractivity contribution in [3.05, 3.63) is 188 Å². The molecule has 0 fully saturated rings. The van der Waals surface area contributed by atoms with Crippen LogP contribution in [0.15, 0.2) is 188 Å². The molecule has 7 aromatic carbocycles. The number of hydrogen-bond donors (Lipinski definition) is 0. The molecule has 0 unspecified atom stereocenters. The molecule has 5 nitrogen and oxygen atoms in total. The first-order chi connectivity index (χ1) is 27.8. The lowest BCUT2D eigenvalue weighted by molar-refractivity contribution is 1.07. The molecule has 4 aromatic heterocycles. The van der Waals surface area contributed by atoms with Crippen LogP contribution >= 0.6 is 11.3 Å². The number of aromatic nitrogens is 5. The molecular weight excluding hydrogens is 703 g/mol. The number of pyridine rings is 1. The average molecular weight is 734 g/mol. The van der Waals surface area contributed by atoms with Crippen LogP contribution in [0.25, 0.3) is 104 Å². The van der Waals surface area contributed by atoms with E-state index in [0.717, 1.165) is 50.1 Å². The largest absolute Gasteiger partial charge is 0.309 e. The molecule has 11 aromatic rings. The first-order valence-corrected chi connectivity index (χ1v) is 19.4. The zero-order chi connectivity index (χ0) is 37.0. The van der Waals surface area contributed by atoms with Crippen molar-refractivity contribution >= 4 is 53.3 Å². The monoisotopic (exact) mass is 733 g/mol. The number of thiophene rings is 1. The van der Waals surface area contributed by atoms with Crippen LogP contribution in [0, 0.1) is 0 Å². The lowest BCUT2D eigenvalue weighted by Gasteiger charge is -2.16. The van der Waals surface area contributed by atoms with Crippen molar-refractivity contribution < 1.29 is 0 Å². The van der Waals surface area contributed by atoms with Crippen LogP contribution in [0.1, 0.15) is 0 Å². The number of hydrogen-bond acceptors (Lipinski definition) is 5. The molecule has 0 radical (unpaired) electrons. The van der Waals surface area contributed by atoms with Crippen LogP contribution < -0.4 is 0 Å². The third-order valence-corrected chi connectivity index (χ3v) is 11.8. The van der Waals surface area contributed by atoms with Gasteiger partial charge >= 0.3 is 0 Å².